The molecule has 3 rings (SSSR count). The monoisotopic (exact) mass is 426 g/mol. The van der Waals surface area contributed by atoms with E-state index in [1.165, 1.54) is 6.21 Å². The zero-order valence-electron chi connectivity index (χ0n) is 14.7. The Labute approximate surface area is 169 Å². The van der Waals surface area contributed by atoms with Gasteiger partial charge in [-0.05, 0) is 31.2 Å². The van der Waals surface area contributed by atoms with Gasteiger partial charge in [0.15, 0.2) is 0 Å². The van der Waals surface area contributed by atoms with Crippen molar-refractivity contribution >= 4 is 45.1 Å². The van der Waals surface area contributed by atoms with Crippen LogP contribution in [0.1, 0.15) is 11.1 Å². The summed E-state index contributed by atoms with van der Waals surface area (Å²) in [5, 5.41) is 8.05. The summed E-state index contributed by atoms with van der Waals surface area (Å²) in [6.45, 7) is 5.24. The van der Waals surface area contributed by atoms with E-state index in [1.54, 1.807) is 36.4 Å². The number of rotatable bonds is 5. The summed E-state index contributed by atoms with van der Waals surface area (Å²) in [7, 11) is -3.73. The van der Waals surface area contributed by atoms with Crippen molar-refractivity contribution in [3.8, 4) is 0 Å². The van der Waals surface area contributed by atoms with Gasteiger partial charge < -0.3 is 10.2 Å². The number of hydrogen-bond donors (Lipinski definition) is 2. The molecule has 0 amide bonds. The fourth-order valence-corrected chi connectivity index (χ4v) is 3.89. The Balaban J connectivity index is 1.83. The number of halogens is 2. The zero-order valence-corrected chi connectivity index (χ0v) is 17.1. The van der Waals surface area contributed by atoms with Crippen molar-refractivity contribution in [3.63, 3.8) is 0 Å². The minimum absolute atomic E-state index is 0.154. The molecule has 2 aromatic rings. The smallest absolute Gasteiger partial charge is 0.276 e. The van der Waals surface area contributed by atoms with E-state index in [-0.39, 0.29) is 4.90 Å². The average molecular weight is 427 g/mol. The van der Waals surface area contributed by atoms with Crippen LogP contribution in [0, 0.1) is 6.92 Å². The van der Waals surface area contributed by atoms with Crippen LogP contribution < -0.4 is 15.0 Å². The minimum atomic E-state index is -3.73. The highest BCUT2D eigenvalue weighted by atomic mass is 35.5. The molecule has 1 aliphatic heterocycles. The van der Waals surface area contributed by atoms with Crippen LogP contribution in [0.4, 0.5) is 5.69 Å². The molecular formula is C18H20Cl2N4O2S. The number of hydrazone groups is 1. The lowest BCUT2D eigenvalue weighted by molar-refractivity contribution is 0.584. The lowest BCUT2D eigenvalue weighted by atomic mass is 10.1. The van der Waals surface area contributed by atoms with E-state index in [0.29, 0.717) is 15.6 Å². The van der Waals surface area contributed by atoms with E-state index in [9.17, 15) is 8.42 Å². The fourth-order valence-electron chi connectivity index (χ4n) is 2.77. The van der Waals surface area contributed by atoms with Crippen molar-refractivity contribution in [2.45, 2.75) is 11.8 Å². The van der Waals surface area contributed by atoms with Crippen LogP contribution in [-0.4, -0.2) is 40.8 Å². The topological polar surface area (TPSA) is 73.8 Å². The molecule has 0 unspecified atom stereocenters. The van der Waals surface area contributed by atoms with Crippen LogP contribution in [-0.2, 0) is 10.0 Å². The van der Waals surface area contributed by atoms with Crippen molar-refractivity contribution in [2.75, 3.05) is 31.1 Å². The first-order valence-corrected chi connectivity index (χ1v) is 10.7. The van der Waals surface area contributed by atoms with Crippen LogP contribution in [0.15, 0.2) is 46.4 Å². The summed E-state index contributed by atoms with van der Waals surface area (Å²) in [4.78, 5) is 4.56. The summed E-state index contributed by atoms with van der Waals surface area (Å²) in [5.41, 5.74) is 2.54. The van der Waals surface area contributed by atoms with E-state index >= 15 is 0 Å². The lowest BCUT2D eigenvalue weighted by Crippen LogP contribution is -2.43. The second-order valence-electron chi connectivity index (χ2n) is 6.23. The lowest BCUT2D eigenvalue weighted by Gasteiger charge is -2.30. The summed E-state index contributed by atoms with van der Waals surface area (Å²) < 4.78 is 24.7. The van der Waals surface area contributed by atoms with Crippen molar-refractivity contribution in [2.24, 2.45) is 5.10 Å². The number of anilines is 1. The number of benzene rings is 2. The van der Waals surface area contributed by atoms with Crippen molar-refractivity contribution in [1.82, 2.24) is 10.1 Å². The van der Waals surface area contributed by atoms with Gasteiger partial charge in [-0.1, -0.05) is 40.9 Å². The highest BCUT2D eigenvalue weighted by molar-refractivity contribution is 7.89. The number of nitrogens with one attached hydrogen (secondary N) is 2. The molecule has 0 saturated carbocycles. The van der Waals surface area contributed by atoms with Gasteiger partial charge in [0.05, 0.1) is 21.2 Å². The molecule has 6 nitrogen and oxygen atoms in total. The summed E-state index contributed by atoms with van der Waals surface area (Å²) in [6.07, 6.45) is 1.45. The van der Waals surface area contributed by atoms with Gasteiger partial charge in [0.1, 0.15) is 0 Å². The predicted octanol–water partition coefficient (Wildman–Crippen LogP) is 3.02. The highest BCUT2D eigenvalue weighted by Gasteiger charge is 2.16. The number of hydrogen-bond acceptors (Lipinski definition) is 5. The van der Waals surface area contributed by atoms with Gasteiger partial charge in [-0.15, -0.1) is 0 Å². The third kappa shape index (κ3) is 4.93. The molecule has 144 valence electrons. The van der Waals surface area contributed by atoms with Gasteiger partial charge in [-0.3, -0.25) is 0 Å². The molecule has 0 aliphatic carbocycles. The largest absolute Gasteiger partial charge is 0.368 e. The third-order valence-corrected chi connectivity index (χ3v) is 6.20. The van der Waals surface area contributed by atoms with Crippen molar-refractivity contribution in [3.05, 3.63) is 57.6 Å². The Bertz CT molecular complexity index is 941. The maximum absolute atomic E-state index is 12.4. The summed E-state index contributed by atoms with van der Waals surface area (Å²) in [6, 6.07) is 10.0. The van der Waals surface area contributed by atoms with E-state index in [0.717, 1.165) is 37.4 Å². The third-order valence-electron chi connectivity index (χ3n) is 4.24. The Morgan fingerprint density at radius 3 is 2.41 bits per heavy atom. The molecule has 0 atom stereocenters. The first-order chi connectivity index (χ1) is 12.9. The Morgan fingerprint density at radius 2 is 1.74 bits per heavy atom. The van der Waals surface area contributed by atoms with Gasteiger partial charge in [0.2, 0.25) is 0 Å². The van der Waals surface area contributed by atoms with E-state index < -0.39 is 10.0 Å². The standard InChI is InChI=1S/C18H20Cl2N4O2S/c1-13-2-4-15(5-3-13)27(25,26)23-22-12-14-10-16(19)17(20)11-18(14)24-8-6-21-7-9-24/h2-5,10-12,21,23H,6-9H2,1H3/b22-12+. The van der Waals surface area contributed by atoms with Crippen molar-refractivity contribution in [1.29, 1.82) is 0 Å². The molecule has 2 aromatic carbocycles. The van der Waals surface area contributed by atoms with Crippen molar-refractivity contribution < 1.29 is 8.42 Å². The molecule has 0 radical (unpaired) electrons. The molecule has 27 heavy (non-hydrogen) atoms. The average Bonchev–Trinajstić information content (AvgIpc) is 2.65. The Kier molecular flexibility index (Phi) is 6.26. The number of nitrogens with zero attached hydrogens (tertiary/aromatic N) is 2. The zero-order chi connectivity index (χ0) is 19.4. The number of sulfonamides is 1. The maximum atomic E-state index is 12.4. The van der Waals surface area contributed by atoms with E-state index in [4.69, 9.17) is 23.2 Å². The van der Waals surface area contributed by atoms with Gasteiger partial charge in [-0.2, -0.15) is 13.5 Å². The van der Waals surface area contributed by atoms with E-state index in [1.807, 2.05) is 6.92 Å². The molecule has 2 N–H and O–H groups in total. The normalized spacial score (nSPS) is 15.3. The predicted molar refractivity (Wildman–Crippen MR) is 111 cm³/mol. The van der Waals surface area contributed by atoms with Gasteiger partial charge in [0.25, 0.3) is 10.0 Å². The molecule has 0 bridgehead atoms. The molecule has 1 aliphatic rings. The van der Waals surface area contributed by atoms with Crippen LogP contribution in [0.2, 0.25) is 10.0 Å². The molecule has 1 saturated heterocycles. The Morgan fingerprint density at radius 1 is 1.11 bits per heavy atom. The maximum Gasteiger partial charge on any atom is 0.276 e. The highest BCUT2D eigenvalue weighted by Crippen LogP contribution is 2.30. The molecule has 9 heteroatoms. The van der Waals surface area contributed by atoms with Crippen LogP contribution in [0.3, 0.4) is 0 Å². The SMILES string of the molecule is Cc1ccc(S(=O)(=O)N/N=C/c2cc(Cl)c(Cl)cc2N2CCNCC2)cc1. The van der Waals surface area contributed by atoms with E-state index in [2.05, 4.69) is 20.1 Å². The first-order valence-electron chi connectivity index (χ1n) is 8.43. The van der Waals surface area contributed by atoms with Crippen LogP contribution in [0.25, 0.3) is 0 Å². The van der Waals surface area contributed by atoms with Gasteiger partial charge >= 0.3 is 0 Å². The number of aryl methyl sites for hydroxylation is 1. The molecular weight excluding hydrogens is 407 g/mol. The minimum Gasteiger partial charge on any atom is -0.368 e. The molecule has 1 heterocycles. The van der Waals surface area contributed by atoms with Gasteiger partial charge in [-0.25, -0.2) is 4.83 Å². The molecule has 0 aromatic heterocycles. The number of piperazine rings is 1. The quantitative estimate of drug-likeness (QED) is 0.569. The second-order valence-corrected chi connectivity index (χ2v) is 8.70. The van der Waals surface area contributed by atoms with Gasteiger partial charge in [0, 0.05) is 37.4 Å². The summed E-state index contributed by atoms with van der Waals surface area (Å²) in [5.74, 6) is 0. The molecule has 1 fully saturated rings. The van der Waals surface area contributed by atoms with Crippen LogP contribution >= 0.6 is 23.2 Å². The Hall–Kier alpha value is -1.80. The second kappa shape index (κ2) is 8.48. The summed E-state index contributed by atoms with van der Waals surface area (Å²) >= 11 is 12.3. The van der Waals surface area contributed by atoms with Crippen LogP contribution in [0.5, 0.6) is 0 Å². The fraction of sp³-hybridized carbons (Fsp3) is 0.278. The first kappa shape index (κ1) is 19.9. The molecule has 0 spiro atoms.